The molecule has 1 aromatic rings. The lowest BCUT2D eigenvalue weighted by Crippen LogP contribution is -2.47. The van der Waals surface area contributed by atoms with Crippen LogP contribution in [0.5, 0.6) is 0 Å². The van der Waals surface area contributed by atoms with Gasteiger partial charge in [-0.1, -0.05) is 15.9 Å². The highest BCUT2D eigenvalue weighted by Gasteiger charge is 2.21. The van der Waals surface area contributed by atoms with Gasteiger partial charge in [0.2, 0.25) is 0 Å². The number of piperazine rings is 1. The lowest BCUT2D eigenvalue weighted by atomic mass is 10.2. The van der Waals surface area contributed by atoms with E-state index in [0.717, 1.165) is 4.47 Å². The van der Waals surface area contributed by atoms with Crippen LogP contribution < -0.4 is 5.32 Å². The second kappa shape index (κ2) is 8.36. The van der Waals surface area contributed by atoms with Crippen molar-refractivity contribution in [3.05, 3.63) is 40.5 Å². The smallest absolute Gasteiger partial charge is 0.409 e. The number of hydrogen-bond donors (Lipinski definition) is 1. The molecule has 0 spiro atoms. The number of nitrogens with zero attached hydrogens (tertiary/aromatic N) is 3. The maximum atomic E-state index is 12.2. The van der Waals surface area contributed by atoms with Crippen molar-refractivity contribution in [1.82, 2.24) is 9.80 Å². The SMILES string of the molecule is COC(=O)N1CCN(/C=C(/C#N)C(=O)Nc2ccc(Br)cc2)CC1. The molecule has 126 valence electrons. The molecular weight excluding hydrogens is 376 g/mol. The Morgan fingerprint density at radius 3 is 2.42 bits per heavy atom. The van der Waals surface area contributed by atoms with Crippen LogP contribution in [0.2, 0.25) is 0 Å². The molecule has 8 heteroatoms. The van der Waals surface area contributed by atoms with Crippen LogP contribution in [0.15, 0.2) is 40.5 Å². The second-order valence-corrected chi connectivity index (χ2v) is 6.02. The first-order valence-electron chi connectivity index (χ1n) is 7.29. The molecule has 0 aromatic heterocycles. The second-order valence-electron chi connectivity index (χ2n) is 5.11. The molecule has 0 bridgehead atoms. The lowest BCUT2D eigenvalue weighted by molar-refractivity contribution is -0.112. The van der Waals surface area contributed by atoms with E-state index in [1.54, 1.807) is 29.2 Å². The van der Waals surface area contributed by atoms with E-state index < -0.39 is 5.91 Å². The number of carbonyl (C=O) groups excluding carboxylic acids is 2. The van der Waals surface area contributed by atoms with E-state index in [0.29, 0.717) is 31.9 Å². The number of hydrogen-bond acceptors (Lipinski definition) is 5. The minimum Gasteiger partial charge on any atom is -0.453 e. The maximum Gasteiger partial charge on any atom is 0.409 e. The molecule has 1 saturated heterocycles. The molecule has 1 N–H and O–H groups in total. The Hall–Kier alpha value is -2.53. The van der Waals surface area contributed by atoms with Gasteiger partial charge in [0.05, 0.1) is 7.11 Å². The van der Waals surface area contributed by atoms with Crippen molar-refractivity contribution < 1.29 is 14.3 Å². The van der Waals surface area contributed by atoms with Crippen LogP contribution in [-0.4, -0.2) is 55.1 Å². The average molecular weight is 393 g/mol. The first-order chi connectivity index (χ1) is 11.5. The summed E-state index contributed by atoms with van der Waals surface area (Å²) in [7, 11) is 1.34. The molecule has 0 radical (unpaired) electrons. The lowest BCUT2D eigenvalue weighted by Gasteiger charge is -2.33. The quantitative estimate of drug-likeness (QED) is 0.629. The third-order valence-electron chi connectivity index (χ3n) is 3.53. The summed E-state index contributed by atoms with van der Waals surface area (Å²) in [5.74, 6) is -0.463. The molecule has 24 heavy (non-hydrogen) atoms. The van der Waals surface area contributed by atoms with Crippen molar-refractivity contribution >= 4 is 33.6 Å². The number of methoxy groups -OCH3 is 1. The molecule has 0 atom stereocenters. The molecule has 1 heterocycles. The van der Waals surface area contributed by atoms with E-state index in [1.807, 2.05) is 11.0 Å². The predicted molar refractivity (Wildman–Crippen MR) is 92.0 cm³/mol. The van der Waals surface area contributed by atoms with E-state index in [4.69, 9.17) is 0 Å². The van der Waals surface area contributed by atoms with Crippen LogP contribution in [0, 0.1) is 11.3 Å². The average Bonchev–Trinajstić information content (AvgIpc) is 2.61. The molecule has 2 rings (SSSR count). The number of amides is 2. The van der Waals surface area contributed by atoms with E-state index in [9.17, 15) is 14.9 Å². The van der Waals surface area contributed by atoms with Gasteiger partial charge in [-0.2, -0.15) is 5.26 Å². The summed E-state index contributed by atoms with van der Waals surface area (Å²) in [5, 5.41) is 11.9. The van der Waals surface area contributed by atoms with Crippen LogP contribution in [0.4, 0.5) is 10.5 Å². The largest absolute Gasteiger partial charge is 0.453 e. The third-order valence-corrected chi connectivity index (χ3v) is 4.05. The zero-order valence-electron chi connectivity index (χ0n) is 13.2. The molecule has 1 aliphatic heterocycles. The van der Waals surface area contributed by atoms with Gasteiger partial charge >= 0.3 is 6.09 Å². The summed E-state index contributed by atoms with van der Waals surface area (Å²) in [6, 6.07) is 9.01. The van der Waals surface area contributed by atoms with E-state index >= 15 is 0 Å². The molecule has 1 aromatic carbocycles. The molecule has 1 fully saturated rings. The van der Waals surface area contributed by atoms with Gasteiger partial charge in [0.1, 0.15) is 11.6 Å². The van der Waals surface area contributed by atoms with Gasteiger partial charge in [-0.3, -0.25) is 4.79 Å². The monoisotopic (exact) mass is 392 g/mol. The molecule has 7 nitrogen and oxygen atoms in total. The highest BCUT2D eigenvalue weighted by Crippen LogP contribution is 2.15. The number of anilines is 1. The number of ether oxygens (including phenoxy) is 1. The number of nitriles is 1. The Morgan fingerprint density at radius 2 is 1.88 bits per heavy atom. The standard InChI is InChI=1S/C16H17BrN4O3/c1-24-16(23)21-8-6-20(7-9-21)11-12(10-18)15(22)19-14-4-2-13(17)3-5-14/h2-5,11H,6-9H2,1H3,(H,19,22)/b12-11-. The number of rotatable bonds is 3. The zero-order chi connectivity index (χ0) is 17.5. The van der Waals surface area contributed by atoms with Crippen LogP contribution in [0.3, 0.4) is 0 Å². The van der Waals surface area contributed by atoms with Crippen molar-refractivity contribution in [3.8, 4) is 6.07 Å². The summed E-state index contributed by atoms with van der Waals surface area (Å²) in [6.07, 6.45) is 1.16. The van der Waals surface area contributed by atoms with E-state index in [-0.39, 0.29) is 11.7 Å². The van der Waals surface area contributed by atoms with Crippen molar-refractivity contribution in [2.75, 3.05) is 38.6 Å². The minimum absolute atomic E-state index is 0.0180. The molecule has 0 aliphatic carbocycles. The summed E-state index contributed by atoms with van der Waals surface area (Å²) < 4.78 is 5.58. The van der Waals surface area contributed by atoms with Crippen LogP contribution in [0.25, 0.3) is 0 Å². The Balaban J connectivity index is 1.97. The fourth-order valence-corrected chi connectivity index (χ4v) is 2.48. The van der Waals surface area contributed by atoms with Crippen LogP contribution in [-0.2, 0) is 9.53 Å². The summed E-state index contributed by atoms with van der Waals surface area (Å²) in [6.45, 7) is 2.03. The summed E-state index contributed by atoms with van der Waals surface area (Å²) in [5.41, 5.74) is 0.629. The Morgan fingerprint density at radius 1 is 1.25 bits per heavy atom. The fraction of sp³-hybridized carbons (Fsp3) is 0.312. The Labute approximate surface area is 148 Å². The fourth-order valence-electron chi connectivity index (χ4n) is 2.22. The maximum absolute atomic E-state index is 12.2. The van der Waals surface area contributed by atoms with Crippen molar-refractivity contribution in [3.63, 3.8) is 0 Å². The Kier molecular flexibility index (Phi) is 6.21. The number of benzene rings is 1. The first kappa shape index (κ1) is 17.8. The van der Waals surface area contributed by atoms with Gasteiger partial charge < -0.3 is 19.9 Å². The molecule has 2 amide bonds. The number of carbonyl (C=O) groups is 2. The van der Waals surface area contributed by atoms with Gasteiger partial charge in [-0.05, 0) is 24.3 Å². The number of nitrogens with one attached hydrogen (secondary N) is 1. The molecule has 0 saturated carbocycles. The highest BCUT2D eigenvalue weighted by molar-refractivity contribution is 9.10. The summed E-state index contributed by atoms with van der Waals surface area (Å²) in [4.78, 5) is 27.1. The summed E-state index contributed by atoms with van der Waals surface area (Å²) >= 11 is 3.32. The van der Waals surface area contributed by atoms with E-state index in [2.05, 4.69) is 26.0 Å². The topological polar surface area (TPSA) is 85.7 Å². The number of halogens is 1. The van der Waals surface area contributed by atoms with Gasteiger partial charge in [0, 0.05) is 42.5 Å². The van der Waals surface area contributed by atoms with E-state index in [1.165, 1.54) is 13.3 Å². The molecule has 1 aliphatic rings. The van der Waals surface area contributed by atoms with Crippen molar-refractivity contribution in [1.29, 1.82) is 5.26 Å². The normalized spacial score (nSPS) is 14.8. The minimum atomic E-state index is -0.463. The van der Waals surface area contributed by atoms with Crippen LogP contribution >= 0.6 is 15.9 Å². The third kappa shape index (κ3) is 4.73. The first-order valence-corrected chi connectivity index (χ1v) is 8.08. The van der Waals surface area contributed by atoms with Gasteiger partial charge in [0.25, 0.3) is 5.91 Å². The van der Waals surface area contributed by atoms with Crippen molar-refractivity contribution in [2.24, 2.45) is 0 Å². The Bertz CT molecular complexity index is 674. The van der Waals surface area contributed by atoms with Gasteiger partial charge in [-0.25, -0.2) is 4.79 Å². The van der Waals surface area contributed by atoms with Gasteiger partial charge in [-0.15, -0.1) is 0 Å². The highest BCUT2D eigenvalue weighted by atomic mass is 79.9. The van der Waals surface area contributed by atoms with Crippen molar-refractivity contribution in [2.45, 2.75) is 0 Å². The van der Waals surface area contributed by atoms with Crippen LogP contribution in [0.1, 0.15) is 0 Å². The molecular formula is C16H17BrN4O3. The zero-order valence-corrected chi connectivity index (χ0v) is 14.7. The molecule has 0 unspecified atom stereocenters. The predicted octanol–water partition coefficient (Wildman–Crippen LogP) is 2.18. The van der Waals surface area contributed by atoms with Gasteiger partial charge in [0.15, 0.2) is 0 Å².